The normalized spacial score (nSPS) is 14.9. The van der Waals surface area contributed by atoms with Gasteiger partial charge in [0.2, 0.25) is 0 Å². The molecule has 1 heterocycles. The second-order valence-electron chi connectivity index (χ2n) is 5.14. The minimum Gasteiger partial charge on any atom is -0.338 e. The summed E-state index contributed by atoms with van der Waals surface area (Å²) in [5, 5.41) is 3.64. The number of amides is 3. The molecule has 0 spiro atoms. The van der Waals surface area contributed by atoms with Gasteiger partial charge in [0.1, 0.15) is 0 Å². The number of halogens is 2. The number of piperazine rings is 1. The summed E-state index contributed by atoms with van der Waals surface area (Å²) < 4.78 is 0. The van der Waals surface area contributed by atoms with Crippen LogP contribution >= 0.6 is 23.2 Å². The van der Waals surface area contributed by atoms with Crippen LogP contribution in [0.2, 0.25) is 10.0 Å². The maximum Gasteiger partial charge on any atom is 0.317 e. The Morgan fingerprint density at radius 1 is 1.09 bits per heavy atom. The summed E-state index contributed by atoms with van der Waals surface area (Å²) in [6, 6.07) is 4.79. The summed E-state index contributed by atoms with van der Waals surface area (Å²) in [5.41, 5.74) is 0.512. The Labute approximate surface area is 140 Å². The Morgan fingerprint density at radius 3 is 2.32 bits per heavy atom. The van der Waals surface area contributed by atoms with Crippen LogP contribution in [0.25, 0.3) is 0 Å². The smallest absolute Gasteiger partial charge is 0.317 e. The maximum absolute atomic E-state index is 12.4. The Hall–Kier alpha value is -1.46. The first-order valence-electron chi connectivity index (χ1n) is 7.30. The first-order chi connectivity index (χ1) is 10.5. The summed E-state index contributed by atoms with van der Waals surface area (Å²) in [4.78, 5) is 27.7. The van der Waals surface area contributed by atoms with Gasteiger partial charge in [-0.25, -0.2) is 4.79 Å². The highest BCUT2D eigenvalue weighted by molar-refractivity contribution is 6.42. The molecule has 0 aliphatic carbocycles. The predicted octanol–water partition coefficient (Wildman–Crippen LogP) is 2.87. The highest BCUT2D eigenvalue weighted by Gasteiger charge is 2.24. The number of benzene rings is 1. The molecule has 1 aromatic carbocycles. The van der Waals surface area contributed by atoms with E-state index >= 15 is 0 Å². The van der Waals surface area contributed by atoms with Crippen LogP contribution in [0, 0.1) is 0 Å². The van der Waals surface area contributed by atoms with E-state index in [-0.39, 0.29) is 11.9 Å². The molecule has 0 unspecified atom stereocenters. The standard InChI is InChI=1S/C15H19Cl2N3O2/c1-2-5-18-15(22)20-8-6-19(7-9-20)14(21)11-3-4-12(16)13(17)10-11/h3-4,10H,2,5-9H2,1H3,(H,18,22). The van der Waals surface area contributed by atoms with Gasteiger partial charge in [0.05, 0.1) is 10.0 Å². The van der Waals surface area contributed by atoms with Crippen molar-refractivity contribution in [1.29, 1.82) is 0 Å². The fraction of sp³-hybridized carbons (Fsp3) is 0.467. The molecular formula is C15H19Cl2N3O2. The molecule has 5 nitrogen and oxygen atoms in total. The van der Waals surface area contributed by atoms with Crippen molar-refractivity contribution in [1.82, 2.24) is 15.1 Å². The van der Waals surface area contributed by atoms with E-state index in [1.54, 1.807) is 28.0 Å². The number of hydrogen-bond acceptors (Lipinski definition) is 2. The number of carbonyl (C=O) groups is 2. The minimum absolute atomic E-state index is 0.0662. The van der Waals surface area contributed by atoms with Crippen molar-refractivity contribution in [3.8, 4) is 0 Å². The van der Waals surface area contributed by atoms with E-state index in [0.717, 1.165) is 6.42 Å². The van der Waals surface area contributed by atoms with Gasteiger partial charge in [-0.2, -0.15) is 0 Å². The maximum atomic E-state index is 12.4. The van der Waals surface area contributed by atoms with E-state index in [9.17, 15) is 9.59 Å². The molecule has 0 atom stereocenters. The summed E-state index contributed by atoms with van der Waals surface area (Å²) in [7, 11) is 0. The SMILES string of the molecule is CCCNC(=O)N1CCN(C(=O)c2ccc(Cl)c(Cl)c2)CC1. The number of nitrogens with zero attached hydrogens (tertiary/aromatic N) is 2. The molecular weight excluding hydrogens is 325 g/mol. The van der Waals surface area contributed by atoms with Gasteiger partial charge >= 0.3 is 6.03 Å². The lowest BCUT2D eigenvalue weighted by Crippen LogP contribution is -2.53. The van der Waals surface area contributed by atoms with Crippen molar-refractivity contribution < 1.29 is 9.59 Å². The molecule has 1 saturated heterocycles. The van der Waals surface area contributed by atoms with Crippen molar-refractivity contribution in [3.05, 3.63) is 33.8 Å². The zero-order valence-electron chi connectivity index (χ0n) is 12.4. The number of nitrogens with one attached hydrogen (secondary N) is 1. The first-order valence-corrected chi connectivity index (χ1v) is 8.05. The van der Waals surface area contributed by atoms with E-state index in [1.165, 1.54) is 0 Å². The van der Waals surface area contributed by atoms with Crippen LogP contribution in [0.4, 0.5) is 4.79 Å². The lowest BCUT2D eigenvalue weighted by Gasteiger charge is -2.34. The topological polar surface area (TPSA) is 52.7 Å². The van der Waals surface area contributed by atoms with Crippen LogP contribution in [0.3, 0.4) is 0 Å². The zero-order chi connectivity index (χ0) is 16.1. The minimum atomic E-state index is -0.0906. The lowest BCUT2D eigenvalue weighted by atomic mass is 10.2. The average Bonchev–Trinajstić information content (AvgIpc) is 2.54. The molecule has 0 bridgehead atoms. The molecule has 0 saturated carbocycles. The van der Waals surface area contributed by atoms with Crippen LogP contribution in [0.15, 0.2) is 18.2 Å². The molecule has 1 aliphatic rings. The van der Waals surface area contributed by atoms with Gasteiger partial charge in [-0.15, -0.1) is 0 Å². The fourth-order valence-corrected chi connectivity index (χ4v) is 2.57. The molecule has 3 amide bonds. The highest BCUT2D eigenvalue weighted by Crippen LogP contribution is 2.23. The van der Waals surface area contributed by atoms with Crippen LogP contribution < -0.4 is 5.32 Å². The van der Waals surface area contributed by atoms with E-state index in [0.29, 0.717) is 48.3 Å². The van der Waals surface area contributed by atoms with Crippen molar-refractivity contribution in [2.24, 2.45) is 0 Å². The number of rotatable bonds is 3. The Bertz CT molecular complexity index is 558. The van der Waals surface area contributed by atoms with Gasteiger partial charge < -0.3 is 15.1 Å². The van der Waals surface area contributed by atoms with Crippen molar-refractivity contribution in [2.75, 3.05) is 32.7 Å². The molecule has 1 N–H and O–H groups in total. The molecule has 0 aromatic heterocycles. The summed E-state index contributed by atoms with van der Waals surface area (Å²) in [6.07, 6.45) is 0.904. The highest BCUT2D eigenvalue weighted by atomic mass is 35.5. The Morgan fingerprint density at radius 2 is 1.73 bits per heavy atom. The first kappa shape index (κ1) is 16.9. The molecule has 7 heteroatoms. The predicted molar refractivity (Wildman–Crippen MR) is 87.6 cm³/mol. The van der Waals surface area contributed by atoms with Gasteiger partial charge in [-0.1, -0.05) is 30.1 Å². The number of urea groups is 1. The monoisotopic (exact) mass is 343 g/mol. The van der Waals surface area contributed by atoms with Crippen LogP contribution in [0.1, 0.15) is 23.7 Å². The van der Waals surface area contributed by atoms with Crippen LogP contribution in [0.5, 0.6) is 0 Å². The molecule has 2 rings (SSSR count). The number of hydrogen-bond donors (Lipinski definition) is 1. The quantitative estimate of drug-likeness (QED) is 0.917. The van der Waals surface area contributed by atoms with E-state index in [4.69, 9.17) is 23.2 Å². The summed E-state index contributed by atoms with van der Waals surface area (Å²) >= 11 is 11.8. The van der Waals surface area contributed by atoms with Gasteiger partial charge in [0.25, 0.3) is 5.91 Å². The second kappa shape index (κ2) is 7.70. The molecule has 22 heavy (non-hydrogen) atoms. The third-order valence-electron chi connectivity index (χ3n) is 3.55. The third-order valence-corrected chi connectivity index (χ3v) is 4.29. The van der Waals surface area contributed by atoms with Gasteiger partial charge in [0.15, 0.2) is 0 Å². The Balaban J connectivity index is 1.92. The Kier molecular flexibility index (Phi) is 5.91. The van der Waals surface area contributed by atoms with E-state index < -0.39 is 0 Å². The summed E-state index contributed by atoms with van der Waals surface area (Å²) in [6.45, 7) is 4.76. The second-order valence-corrected chi connectivity index (χ2v) is 5.95. The average molecular weight is 344 g/mol. The van der Waals surface area contributed by atoms with Gasteiger partial charge in [-0.3, -0.25) is 4.79 Å². The van der Waals surface area contributed by atoms with Crippen LogP contribution in [-0.4, -0.2) is 54.5 Å². The molecule has 1 fully saturated rings. The molecule has 1 aromatic rings. The molecule has 1 aliphatic heterocycles. The van der Waals surface area contributed by atoms with Gasteiger partial charge in [0, 0.05) is 38.3 Å². The number of carbonyl (C=O) groups excluding carboxylic acids is 2. The lowest BCUT2D eigenvalue weighted by molar-refractivity contribution is 0.0665. The van der Waals surface area contributed by atoms with Crippen molar-refractivity contribution >= 4 is 35.1 Å². The fourth-order valence-electron chi connectivity index (χ4n) is 2.27. The van der Waals surface area contributed by atoms with Crippen molar-refractivity contribution in [2.45, 2.75) is 13.3 Å². The molecule has 120 valence electrons. The van der Waals surface area contributed by atoms with Crippen molar-refractivity contribution in [3.63, 3.8) is 0 Å². The largest absolute Gasteiger partial charge is 0.338 e. The van der Waals surface area contributed by atoms with Gasteiger partial charge in [-0.05, 0) is 24.6 Å². The van der Waals surface area contributed by atoms with E-state index in [1.807, 2.05) is 6.92 Å². The van der Waals surface area contributed by atoms with Crippen LogP contribution in [-0.2, 0) is 0 Å². The summed E-state index contributed by atoms with van der Waals surface area (Å²) in [5.74, 6) is -0.0906. The molecule has 0 radical (unpaired) electrons. The zero-order valence-corrected chi connectivity index (χ0v) is 14.0. The van der Waals surface area contributed by atoms with E-state index in [2.05, 4.69) is 5.32 Å². The third kappa shape index (κ3) is 4.05.